The average Bonchev–Trinajstić information content (AvgIpc) is 3.02. The number of halogens is 3. The maximum absolute atomic E-state index is 12.4. The fourth-order valence-corrected chi connectivity index (χ4v) is 2.66. The fourth-order valence-electron chi connectivity index (χ4n) is 2.66. The number of amides is 2. The lowest BCUT2D eigenvalue weighted by Gasteiger charge is -2.09. The second-order valence-electron chi connectivity index (χ2n) is 6.22. The quantitative estimate of drug-likeness (QED) is 0.500. The average molecular weight is 403 g/mol. The summed E-state index contributed by atoms with van der Waals surface area (Å²) in [5.74, 6) is -2.51. The van der Waals surface area contributed by atoms with Crippen LogP contribution in [-0.4, -0.2) is 23.7 Å². The van der Waals surface area contributed by atoms with Crippen molar-refractivity contribution in [1.82, 2.24) is 5.43 Å². The van der Waals surface area contributed by atoms with E-state index in [0.29, 0.717) is 22.4 Å². The van der Waals surface area contributed by atoms with Gasteiger partial charge in [-0.3, -0.25) is 9.59 Å². The predicted octanol–water partition coefficient (Wildman–Crippen LogP) is 4.40. The number of hydrazone groups is 1. The molecule has 0 saturated carbocycles. The Labute approximate surface area is 163 Å². The van der Waals surface area contributed by atoms with Crippen LogP contribution >= 0.6 is 0 Å². The molecule has 0 aliphatic rings. The van der Waals surface area contributed by atoms with Gasteiger partial charge in [-0.2, -0.15) is 18.3 Å². The topological polar surface area (TPSA) is 83.7 Å². The van der Waals surface area contributed by atoms with Gasteiger partial charge in [-0.05, 0) is 37.6 Å². The van der Waals surface area contributed by atoms with Gasteiger partial charge in [-0.15, -0.1) is 0 Å². The van der Waals surface area contributed by atoms with Gasteiger partial charge in [0.25, 0.3) is 0 Å². The molecule has 0 atom stereocenters. The van der Waals surface area contributed by atoms with Crippen LogP contribution < -0.4 is 10.7 Å². The summed E-state index contributed by atoms with van der Waals surface area (Å²) in [6.45, 7) is 3.32. The Bertz CT molecular complexity index is 1120. The highest BCUT2D eigenvalue weighted by Crippen LogP contribution is 2.24. The maximum atomic E-state index is 12.4. The smallest absolute Gasteiger partial charge is 0.451 e. The van der Waals surface area contributed by atoms with E-state index in [4.69, 9.17) is 4.42 Å². The first-order valence-electron chi connectivity index (χ1n) is 8.48. The van der Waals surface area contributed by atoms with E-state index in [1.807, 2.05) is 12.1 Å². The van der Waals surface area contributed by atoms with Gasteiger partial charge < -0.3 is 9.73 Å². The number of nitrogens with one attached hydrogen (secondary N) is 2. The van der Waals surface area contributed by atoms with Crippen molar-refractivity contribution in [3.05, 3.63) is 65.4 Å². The molecule has 0 spiro atoms. The number of alkyl halides is 3. The Morgan fingerprint density at radius 1 is 1.07 bits per heavy atom. The van der Waals surface area contributed by atoms with Gasteiger partial charge in [-0.25, -0.2) is 5.43 Å². The van der Waals surface area contributed by atoms with Crippen molar-refractivity contribution in [3.63, 3.8) is 0 Å². The molecule has 29 heavy (non-hydrogen) atoms. The summed E-state index contributed by atoms with van der Waals surface area (Å²) in [6.07, 6.45) is -4.99. The van der Waals surface area contributed by atoms with Crippen LogP contribution in [0.2, 0.25) is 0 Å². The van der Waals surface area contributed by atoms with Crippen LogP contribution in [0.5, 0.6) is 0 Å². The van der Waals surface area contributed by atoms with Gasteiger partial charge in [0.2, 0.25) is 0 Å². The van der Waals surface area contributed by atoms with Crippen LogP contribution in [0.1, 0.15) is 28.6 Å². The van der Waals surface area contributed by atoms with Crippen molar-refractivity contribution in [3.8, 4) is 0 Å². The molecule has 0 aliphatic heterocycles. The van der Waals surface area contributed by atoms with E-state index >= 15 is 0 Å². The largest absolute Gasteiger partial charge is 0.471 e. The molecular formula is C20H16F3N3O3. The molecule has 2 N–H and O–H groups in total. The number of benzene rings is 2. The van der Waals surface area contributed by atoms with E-state index in [9.17, 15) is 22.8 Å². The summed E-state index contributed by atoms with van der Waals surface area (Å²) in [6, 6.07) is 12.9. The van der Waals surface area contributed by atoms with Gasteiger partial charge >= 0.3 is 18.0 Å². The lowest BCUT2D eigenvalue weighted by atomic mass is 10.1. The molecule has 9 heteroatoms. The number of para-hydroxylation sites is 1. The summed E-state index contributed by atoms with van der Waals surface area (Å²) >= 11 is 0. The van der Waals surface area contributed by atoms with E-state index in [0.717, 1.165) is 5.39 Å². The number of hydrogen-bond donors (Lipinski definition) is 2. The Morgan fingerprint density at radius 2 is 1.79 bits per heavy atom. The molecule has 1 aromatic heterocycles. The second-order valence-corrected chi connectivity index (χ2v) is 6.22. The second kappa shape index (κ2) is 7.78. The van der Waals surface area contributed by atoms with Crippen LogP contribution in [0, 0.1) is 6.92 Å². The number of fused-ring (bicyclic) bond motifs is 1. The fraction of sp³-hybridized carbons (Fsp3) is 0.150. The molecule has 0 radical (unpaired) electrons. The highest BCUT2D eigenvalue weighted by atomic mass is 19.4. The molecule has 3 rings (SSSR count). The van der Waals surface area contributed by atoms with Crippen LogP contribution in [0.3, 0.4) is 0 Å². The van der Waals surface area contributed by atoms with Crippen LogP contribution in [-0.2, 0) is 4.79 Å². The number of nitrogens with zero attached hydrogens (tertiary/aromatic N) is 1. The van der Waals surface area contributed by atoms with Gasteiger partial charge in [0, 0.05) is 16.6 Å². The monoisotopic (exact) mass is 403 g/mol. The number of rotatable bonds is 4. The van der Waals surface area contributed by atoms with Crippen molar-refractivity contribution in [1.29, 1.82) is 0 Å². The van der Waals surface area contributed by atoms with Gasteiger partial charge in [0.15, 0.2) is 5.76 Å². The Morgan fingerprint density at radius 3 is 2.48 bits per heavy atom. The van der Waals surface area contributed by atoms with Crippen molar-refractivity contribution in [2.24, 2.45) is 5.10 Å². The van der Waals surface area contributed by atoms with E-state index in [1.165, 1.54) is 18.2 Å². The molecule has 0 saturated heterocycles. The maximum Gasteiger partial charge on any atom is 0.471 e. The molecule has 2 aromatic carbocycles. The van der Waals surface area contributed by atoms with Gasteiger partial charge in [0.1, 0.15) is 5.58 Å². The van der Waals surface area contributed by atoms with Crippen molar-refractivity contribution < 1.29 is 27.2 Å². The lowest BCUT2D eigenvalue weighted by Crippen LogP contribution is -2.29. The highest BCUT2D eigenvalue weighted by molar-refractivity contribution is 6.03. The Balaban J connectivity index is 1.75. The molecule has 150 valence electrons. The van der Waals surface area contributed by atoms with Crippen LogP contribution in [0.25, 0.3) is 11.0 Å². The standard InChI is InChI=1S/C20H16F3N3O3/c1-11-15-8-3-4-9-16(15)29-17(11)18(27)26-25-12(2)13-6-5-7-14(10-13)24-19(28)20(21,22)23/h3-10H,1-2H3,(H,24,28)(H,26,27). The molecule has 0 aliphatic carbocycles. The predicted molar refractivity (Wildman–Crippen MR) is 102 cm³/mol. The van der Waals surface area contributed by atoms with Crippen molar-refractivity contribution >= 4 is 34.2 Å². The highest BCUT2D eigenvalue weighted by Gasteiger charge is 2.38. The molecule has 0 fully saturated rings. The third-order valence-corrected chi connectivity index (χ3v) is 4.17. The number of hydrogen-bond acceptors (Lipinski definition) is 4. The molecule has 2 amide bonds. The number of anilines is 1. The SMILES string of the molecule is CC(=NNC(=O)c1oc2ccccc2c1C)c1cccc(NC(=O)C(F)(F)F)c1. The minimum Gasteiger partial charge on any atom is -0.451 e. The number of furan rings is 1. The first-order chi connectivity index (χ1) is 13.7. The number of carbonyl (C=O) groups is 2. The number of carbonyl (C=O) groups excluding carboxylic acids is 2. The van der Waals surface area contributed by atoms with Crippen molar-refractivity contribution in [2.45, 2.75) is 20.0 Å². The Kier molecular flexibility index (Phi) is 5.40. The first-order valence-corrected chi connectivity index (χ1v) is 8.48. The van der Waals surface area contributed by atoms with E-state index < -0.39 is 18.0 Å². The van der Waals surface area contributed by atoms with E-state index in [2.05, 4.69) is 10.5 Å². The molecule has 0 unspecified atom stereocenters. The third-order valence-electron chi connectivity index (χ3n) is 4.17. The molecule has 0 bridgehead atoms. The molecule has 3 aromatic rings. The lowest BCUT2D eigenvalue weighted by molar-refractivity contribution is -0.167. The van der Waals surface area contributed by atoms with E-state index in [1.54, 1.807) is 37.4 Å². The Hall–Kier alpha value is -3.62. The summed E-state index contributed by atoms with van der Waals surface area (Å²) in [4.78, 5) is 23.5. The minimum absolute atomic E-state index is 0.0427. The van der Waals surface area contributed by atoms with Crippen LogP contribution in [0.4, 0.5) is 18.9 Å². The minimum atomic E-state index is -4.99. The number of aryl methyl sites for hydroxylation is 1. The zero-order valence-electron chi connectivity index (χ0n) is 15.4. The summed E-state index contributed by atoms with van der Waals surface area (Å²) in [5, 5.41) is 6.55. The first kappa shape index (κ1) is 20.1. The van der Waals surface area contributed by atoms with E-state index in [-0.39, 0.29) is 11.4 Å². The van der Waals surface area contributed by atoms with Crippen LogP contribution in [0.15, 0.2) is 58.0 Å². The summed E-state index contributed by atoms with van der Waals surface area (Å²) in [7, 11) is 0. The van der Waals surface area contributed by atoms with Crippen molar-refractivity contribution in [2.75, 3.05) is 5.32 Å². The van der Waals surface area contributed by atoms with Gasteiger partial charge in [-0.1, -0.05) is 30.3 Å². The molecule has 6 nitrogen and oxygen atoms in total. The molecule has 1 heterocycles. The summed E-state index contributed by atoms with van der Waals surface area (Å²) in [5.41, 5.74) is 4.32. The zero-order valence-corrected chi connectivity index (χ0v) is 15.4. The van der Waals surface area contributed by atoms with Gasteiger partial charge in [0.05, 0.1) is 5.71 Å². The summed E-state index contributed by atoms with van der Waals surface area (Å²) < 4.78 is 42.7. The molecular weight excluding hydrogens is 387 g/mol. The third kappa shape index (κ3) is 4.45. The zero-order chi connectivity index (χ0) is 21.2. The normalized spacial score (nSPS) is 12.1.